The lowest BCUT2D eigenvalue weighted by Gasteiger charge is -2.00. The molecule has 1 atom stereocenters. The first-order chi connectivity index (χ1) is 5.08. The third kappa shape index (κ3) is 1.79. The molecule has 0 aliphatic carbocycles. The van der Waals surface area contributed by atoms with Crippen LogP contribution in [0.4, 0.5) is 0 Å². The van der Waals surface area contributed by atoms with E-state index in [-0.39, 0.29) is 5.60 Å². The molecule has 11 heavy (non-hydrogen) atoms. The molecular weight excluding hydrogens is 140 g/mol. The maximum absolute atomic E-state index is 10.4. The van der Waals surface area contributed by atoms with Gasteiger partial charge in [0.25, 0.3) is 0 Å². The standard InChI is InChI=1S/C9H12O2/c1-7(2)4-8(5-10)9(3)6-11-9/h4H,6H2,1-3H3. The summed E-state index contributed by atoms with van der Waals surface area (Å²) in [5.41, 5.74) is 1.39. The van der Waals surface area contributed by atoms with Crippen molar-refractivity contribution in [3.05, 3.63) is 17.2 Å². The Morgan fingerprint density at radius 1 is 1.64 bits per heavy atom. The first-order valence-electron chi connectivity index (χ1n) is 3.63. The summed E-state index contributed by atoms with van der Waals surface area (Å²) in [5, 5.41) is 0. The van der Waals surface area contributed by atoms with Crippen molar-refractivity contribution in [3.63, 3.8) is 0 Å². The maximum Gasteiger partial charge on any atom is 0.131 e. The predicted molar refractivity (Wildman–Crippen MR) is 43.0 cm³/mol. The molecule has 1 aliphatic heterocycles. The van der Waals surface area contributed by atoms with E-state index in [4.69, 9.17) is 4.74 Å². The minimum Gasteiger partial charge on any atom is -0.364 e. The van der Waals surface area contributed by atoms with E-state index in [1.54, 1.807) is 0 Å². The fraction of sp³-hybridized carbons (Fsp3) is 0.556. The van der Waals surface area contributed by atoms with Crippen molar-refractivity contribution in [1.82, 2.24) is 0 Å². The van der Waals surface area contributed by atoms with E-state index >= 15 is 0 Å². The highest BCUT2D eigenvalue weighted by Crippen LogP contribution is 2.33. The second kappa shape index (κ2) is 2.65. The van der Waals surface area contributed by atoms with Crippen LogP contribution in [0.15, 0.2) is 17.2 Å². The summed E-state index contributed by atoms with van der Waals surface area (Å²) in [7, 11) is 0. The van der Waals surface area contributed by atoms with Crippen molar-refractivity contribution in [2.24, 2.45) is 0 Å². The Bertz CT molecular complexity index is 236. The van der Waals surface area contributed by atoms with Crippen molar-refractivity contribution in [2.45, 2.75) is 26.4 Å². The smallest absolute Gasteiger partial charge is 0.131 e. The summed E-state index contributed by atoms with van der Waals surface area (Å²) >= 11 is 0. The lowest BCUT2D eigenvalue weighted by atomic mass is 10.0. The van der Waals surface area contributed by atoms with Crippen LogP contribution < -0.4 is 0 Å². The van der Waals surface area contributed by atoms with Crippen molar-refractivity contribution < 1.29 is 9.53 Å². The van der Waals surface area contributed by atoms with Gasteiger partial charge in [0, 0.05) is 0 Å². The summed E-state index contributed by atoms with van der Waals surface area (Å²) < 4.78 is 5.11. The average Bonchev–Trinajstić information content (AvgIpc) is 2.63. The molecule has 60 valence electrons. The van der Waals surface area contributed by atoms with Crippen molar-refractivity contribution in [3.8, 4) is 0 Å². The Labute approximate surface area is 66.5 Å². The molecule has 0 amide bonds. The molecule has 0 spiro atoms. The fourth-order valence-corrected chi connectivity index (χ4v) is 0.843. The zero-order valence-corrected chi connectivity index (χ0v) is 7.10. The van der Waals surface area contributed by atoms with E-state index in [9.17, 15) is 4.79 Å². The SMILES string of the molecule is CC(C)=CC(=C=O)C1(C)CO1. The first-order valence-corrected chi connectivity index (χ1v) is 3.63. The molecule has 0 aromatic heterocycles. The molecule has 1 heterocycles. The molecule has 1 unspecified atom stereocenters. The molecule has 1 aliphatic rings. The minimum absolute atomic E-state index is 0.334. The topological polar surface area (TPSA) is 29.6 Å². The number of allylic oxidation sites excluding steroid dienone is 1. The molecule has 2 nitrogen and oxygen atoms in total. The van der Waals surface area contributed by atoms with Gasteiger partial charge in [0.2, 0.25) is 0 Å². The van der Waals surface area contributed by atoms with Gasteiger partial charge in [0.15, 0.2) is 0 Å². The van der Waals surface area contributed by atoms with Gasteiger partial charge in [0.1, 0.15) is 11.5 Å². The zero-order chi connectivity index (χ0) is 8.48. The number of epoxide rings is 1. The highest BCUT2D eigenvalue weighted by atomic mass is 16.6. The van der Waals surface area contributed by atoms with E-state index in [1.165, 1.54) is 0 Å². The number of rotatable bonds is 2. The molecule has 0 aromatic carbocycles. The lowest BCUT2D eigenvalue weighted by molar-refractivity contribution is 0.362. The van der Waals surface area contributed by atoms with Gasteiger partial charge in [-0.1, -0.05) is 5.57 Å². The van der Waals surface area contributed by atoms with E-state index < -0.39 is 0 Å². The predicted octanol–water partition coefficient (Wildman–Crippen LogP) is 1.50. The molecule has 1 saturated heterocycles. The molecule has 1 rings (SSSR count). The summed E-state index contributed by atoms with van der Waals surface area (Å²) in [6.07, 6.45) is 1.82. The Morgan fingerprint density at radius 2 is 2.18 bits per heavy atom. The normalized spacial score (nSPS) is 27.2. The summed E-state index contributed by atoms with van der Waals surface area (Å²) in [4.78, 5) is 10.4. The van der Waals surface area contributed by atoms with Gasteiger partial charge >= 0.3 is 0 Å². The van der Waals surface area contributed by atoms with Gasteiger partial charge in [-0.3, -0.25) is 0 Å². The highest BCUT2D eigenvalue weighted by Gasteiger charge is 2.43. The van der Waals surface area contributed by atoms with Crippen LogP contribution in [0.25, 0.3) is 0 Å². The summed E-state index contributed by atoms with van der Waals surface area (Å²) in [6, 6.07) is 0. The largest absolute Gasteiger partial charge is 0.364 e. The Balaban J connectivity index is 2.83. The van der Waals surface area contributed by atoms with E-state index in [1.807, 2.05) is 32.8 Å². The first kappa shape index (κ1) is 8.25. The second-order valence-corrected chi connectivity index (χ2v) is 3.26. The van der Waals surface area contributed by atoms with E-state index in [0.717, 1.165) is 5.57 Å². The monoisotopic (exact) mass is 152 g/mol. The van der Waals surface area contributed by atoms with Gasteiger partial charge in [-0.2, -0.15) is 0 Å². The Kier molecular flexibility index (Phi) is 1.99. The lowest BCUT2D eigenvalue weighted by Crippen LogP contribution is -2.07. The number of carbonyl (C=O) groups excluding carboxylic acids is 1. The number of hydrogen-bond acceptors (Lipinski definition) is 2. The van der Waals surface area contributed by atoms with Crippen LogP contribution in [0.5, 0.6) is 0 Å². The summed E-state index contributed by atoms with van der Waals surface area (Å²) in [6.45, 7) is 6.43. The molecule has 0 radical (unpaired) electrons. The Morgan fingerprint density at radius 3 is 2.45 bits per heavy atom. The van der Waals surface area contributed by atoms with Crippen molar-refractivity contribution in [1.29, 1.82) is 0 Å². The van der Waals surface area contributed by atoms with Crippen molar-refractivity contribution >= 4 is 5.94 Å². The van der Waals surface area contributed by atoms with Crippen LogP contribution in [0, 0.1) is 0 Å². The molecule has 2 heteroatoms. The number of ether oxygens (including phenoxy) is 1. The molecule has 0 aromatic rings. The quantitative estimate of drug-likeness (QED) is 0.341. The van der Waals surface area contributed by atoms with Crippen LogP contribution in [-0.4, -0.2) is 18.1 Å². The fourth-order valence-electron chi connectivity index (χ4n) is 0.843. The van der Waals surface area contributed by atoms with Gasteiger partial charge in [-0.25, -0.2) is 4.79 Å². The van der Waals surface area contributed by atoms with Crippen LogP contribution in [0.2, 0.25) is 0 Å². The third-order valence-electron chi connectivity index (χ3n) is 1.69. The van der Waals surface area contributed by atoms with E-state index in [0.29, 0.717) is 12.2 Å². The number of hydrogen-bond donors (Lipinski definition) is 0. The minimum atomic E-state index is -0.334. The van der Waals surface area contributed by atoms with Gasteiger partial charge in [-0.05, 0) is 26.8 Å². The molecule has 0 saturated carbocycles. The highest BCUT2D eigenvalue weighted by molar-refractivity contribution is 5.62. The van der Waals surface area contributed by atoms with Gasteiger partial charge in [0.05, 0.1) is 12.2 Å². The molecule has 0 N–H and O–H groups in total. The summed E-state index contributed by atoms with van der Waals surface area (Å²) in [5.74, 6) is 1.90. The molecule has 1 fully saturated rings. The van der Waals surface area contributed by atoms with Crippen molar-refractivity contribution in [2.75, 3.05) is 6.61 Å². The van der Waals surface area contributed by atoms with Crippen LogP contribution in [-0.2, 0) is 9.53 Å². The van der Waals surface area contributed by atoms with Crippen LogP contribution >= 0.6 is 0 Å². The van der Waals surface area contributed by atoms with Crippen LogP contribution in [0.3, 0.4) is 0 Å². The zero-order valence-electron chi connectivity index (χ0n) is 7.10. The van der Waals surface area contributed by atoms with Crippen LogP contribution in [0.1, 0.15) is 20.8 Å². The Hall–Kier alpha value is -0.850. The maximum atomic E-state index is 10.4. The molecular formula is C9H12O2. The molecule has 0 bridgehead atoms. The second-order valence-electron chi connectivity index (χ2n) is 3.26. The van der Waals surface area contributed by atoms with Gasteiger partial charge in [-0.15, -0.1) is 0 Å². The van der Waals surface area contributed by atoms with E-state index in [2.05, 4.69) is 0 Å². The average molecular weight is 152 g/mol. The third-order valence-corrected chi connectivity index (χ3v) is 1.69. The van der Waals surface area contributed by atoms with Gasteiger partial charge < -0.3 is 4.74 Å².